The van der Waals surface area contributed by atoms with Crippen LogP contribution in [0.25, 0.3) is 11.2 Å². The predicted molar refractivity (Wildman–Crippen MR) is 100 cm³/mol. The molecule has 5 N–H and O–H groups in total. The quantitative estimate of drug-likeness (QED) is 0.289. The number of aromatic nitrogens is 4. The standard InChI is InChI=1S/C15H21ClN5O7P/c16-15-19-12(18-7-2-1-3-7)9-13(20-15)21(5-17-9)14-11(23)10(22)8(28-14)4-27-6-29(24,25)26/h5,7-8,10-11,14,22-23H,1-4,6H2,(H,18,19,20)(H2,24,25,26)/t8-,10-,11-,14-/m1/s1. The smallest absolute Gasteiger partial charge is 0.350 e. The highest BCUT2D eigenvalue weighted by atomic mass is 35.5. The second-order valence-electron chi connectivity index (χ2n) is 7.15. The molecule has 14 heteroatoms. The van der Waals surface area contributed by atoms with E-state index in [1.165, 1.54) is 10.9 Å². The van der Waals surface area contributed by atoms with Gasteiger partial charge in [0.1, 0.15) is 24.7 Å². The first-order chi connectivity index (χ1) is 13.7. The van der Waals surface area contributed by atoms with Crippen molar-refractivity contribution >= 4 is 36.2 Å². The Kier molecular flexibility index (Phi) is 5.79. The molecule has 1 saturated heterocycles. The molecule has 2 aliphatic rings. The Bertz CT molecular complexity index is 935. The van der Waals surface area contributed by atoms with E-state index in [0.717, 1.165) is 19.3 Å². The maximum absolute atomic E-state index is 10.9. The number of nitrogens with one attached hydrogen (secondary N) is 1. The topological polar surface area (TPSA) is 172 Å². The normalized spacial score (nSPS) is 28.0. The fourth-order valence-electron chi connectivity index (χ4n) is 3.31. The summed E-state index contributed by atoms with van der Waals surface area (Å²) in [6.07, 6.45) is -0.932. The van der Waals surface area contributed by atoms with Crippen molar-refractivity contribution in [2.45, 2.75) is 49.8 Å². The van der Waals surface area contributed by atoms with Gasteiger partial charge in [0.05, 0.1) is 12.9 Å². The van der Waals surface area contributed by atoms with Gasteiger partial charge < -0.3 is 34.8 Å². The van der Waals surface area contributed by atoms with E-state index < -0.39 is 38.5 Å². The van der Waals surface area contributed by atoms with E-state index in [1.807, 2.05) is 0 Å². The number of halogens is 1. The van der Waals surface area contributed by atoms with Gasteiger partial charge in [-0.2, -0.15) is 9.97 Å². The number of hydrogen-bond acceptors (Lipinski definition) is 9. The SMILES string of the molecule is O=P(O)(O)COC[C@H]1O[C@@H](n2cnc3c(NC4CCC4)nc(Cl)nc32)[C@H](O)[C@@H]1O. The summed E-state index contributed by atoms with van der Waals surface area (Å²) < 4.78 is 22.9. The van der Waals surface area contributed by atoms with Crippen LogP contribution < -0.4 is 5.32 Å². The number of aliphatic hydroxyl groups is 2. The molecule has 1 aliphatic heterocycles. The predicted octanol–water partition coefficient (Wildman–Crippen LogP) is 0.215. The fraction of sp³-hybridized carbons (Fsp3) is 0.667. The number of hydrogen-bond donors (Lipinski definition) is 5. The maximum Gasteiger partial charge on any atom is 0.350 e. The molecular formula is C15H21ClN5O7P. The summed E-state index contributed by atoms with van der Waals surface area (Å²) in [5.74, 6) is 0.484. The first-order valence-corrected chi connectivity index (χ1v) is 11.2. The Morgan fingerprint density at radius 1 is 1.31 bits per heavy atom. The van der Waals surface area contributed by atoms with Crippen molar-refractivity contribution in [3.05, 3.63) is 11.6 Å². The molecule has 1 aliphatic carbocycles. The van der Waals surface area contributed by atoms with Crippen LogP contribution in [0.2, 0.25) is 5.28 Å². The van der Waals surface area contributed by atoms with Crippen LogP contribution in [0, 0.1) is 0 Å². The zero-order valence-corrected chi connectivity index (χ0v) is 16.8. The van der Waals surface area contributed by atoms with Crippen LogP contribution in [0.15, 0.2) is 6.33 Å². The van der Waals surface area contributed by atoms with Crippen molar-refractivity contribution in [2.75, 3.05) is 18.3 Å². The summed E-state index contributed by atoms with van der Waals surface area (Å²) in [6.45, 7) is -0.309. The van der Waals surface area contributed by atoms with Crippen molar-refractivity contribution in [3.8, 4) is 0 Å². The van der Waals surface area contributed by atoms with E-state index in [9.17, 15) is 14.8 Å². The lowest BCUT2D eigenvalue weighted by molar-refractivity contribution is -0.0612. The lowest BCUT2D eigenvalue weighted by Gasteiger charge is -2.26. The van der Waals surface area contributed by atoms with Crippen molar-refractivity contribution < 1.29 is 34.0 Å². The second-order valence-corrected chi connectivity index (χ2v) is 9.07. The van der Waals surface area contributed by atoms with E-state index >= 15 is 0 Å². The molecule has 0 radical (unpaired) electrons. The van der Waals surface area contributed by atoms with Crippen LogP contribution >= 0.6 is 19.2 Å². The molecule has 1 saturated carbocycles. The van der Waals surface area contributed by atoms with Crippen LogP contribution in [0.3, 0.4) is 0 Å². The number of imidazole rings is 1. The third kappa shape index (κ3) is 4.39. The zero-order chi connectivity index (χ0) is 20.8. The molecule has 4 rings (SSSR count). The summed E-state index contributed by atoms with van der Waals surface area (Å²) in [6, 6.07) is 0.292. The summed E-state index contributed by atoms with van der Waals surface area (Å²) in [5, 5.41) is 23.9. The molecule has 3 heterocycles. The molecule has 0 aromatic carbocycles. The monoisotopic (exact) mass is 449 g/mol. The average Bonchev–Trinajstić information content (AvgIpc) is 3.13. The van der Waals surface area contributed by atoms with Gasteiger partial charge in [-0.1, -0.05) is 0 Å². The molecule has 29 heavy (non-hydrogen) atoms. The van der Waals surface area contributed by atoms with Crippen LogP contribution in [-0.2, 0) is 14.0 Å². The first kappa shape index (κ1) is 20.9. The minimum absolute atomic E-state index is 0.00404. The number of rotatable bonds is 7. The van der Waals surface area contributed by atoms with Crippen molar-refractivity contribution in [1.29, 1.82) is 0 Å². The molecule has 4 atom stereocenters. The molecular weight excluding hydrogens is 429 g/mol. The minimum atomic E-state index is -4.35. The second kappa shape index (κ2) is 8.05. The van der Waals surface area contributed by atoms with E-state index in [2.05, 4.69) is 20.3 Å². The number of fused-ring (bicyclic) bond motifs is 1. The molecule has 0 bridgehead atoms. The van der Waals surface area contributed by atoms with Crippen LogP contribution in [0.5, 0.6) is 0 Å². The zero-order valence-electron chi connectivity index (χ0n) is 15.1. The van der Waals surface area contributed by atoms with E-state index in [-0.39, 0.29) is 11.9 Å². The Balaban J connectivity index is 1.55. The summed E-state index contributed by atoms with van der Waals surface area (Å²) >= 11 is 6.06. The average molecular weight is 450 g/mol. The molecule has 2 aromatic rings. The molecule has 2 fully saturated rings. The van der Waals surface area contributed by atoms with Gasteiger partial charge >= 0.3 is 7.60 Å². The van der Waals surface area contributed by atoms with Crippen LogP contribution in [0.4, 0.5) is 5.82 Å². The summed E-state index contributed by atoms with van der Waals surface area (Å²) in [4.78, 5) is 30.4. The number of nitrogens with zero attached hydrogens (tertiary/aromatic N) is 4. The molecule has 0 unspecified atom stereocenters. The van der Waals surface area contributed by atoms with Gasteiger partial charge in [0.25, 0.3) is 0 Å². The van der Waals surface area contributed by atoms with Crippen molar-refractivity contribution in [3.63, 3.8) is 0 Å². The molecule has 12 nitrogen and oxygen atoms in total. The Labute approximate surface area is 170 Å². The Morgan fingerprint density at radius 2 is 2.07 bits per heavy atom. The largest absolute Gasteiger partial charge is 0.387 e. The van der Waals surface area contributed by atoms with Gasteiger partial charge in [-0.05, 0) is 30.9 Å². The highest BCUT2D eigenvalue weighted by molar-refractivity contribution is 7.51. The van der Waals surface area contributed by atoms with Gasteiger partial charge in [0.15, 0.2) is 23.2 Å². The molecule has 160 valence electrons. The van der Waals surface area contributed by atoms with Crippen LogP contribution in [0.1, 0.15) is 25.5 Å². The maximum atomic E-state index is 10.9. The van der Waals surface area contributed by atoms with Crippen molar-refractivity contribution in [1.82, 2.24) is 19.5 Å². The number of aliphatic hydroxyl groups excluding tert-OH is 2. The van der Waals surface area contributed by atoms with Gasteiger partial charge in [-0.3, -0.25) is 9.13 Å². The summed E-state index contributed by atoms with van der Waals surface area (Å²) in [5.41, 5.74) is 0.771. The lowest BCUT2D eigenvalue weighted by atomic mass is 9.93. The van der Waals surface area contributed by atoms with Gasteiger partial charge in [0, 0.05) is 6.04 Å². The Morgan fingerprint density at radius 3 is 2.72 bits per heavy atom. The molecule has 2 aromatic heterocycles. The van der Waals surface area contributed by atoms with E-state index in [4.69, 9.17) is 30.9 Å². The van der Waals surface area contributed by atoms with Crippen molar-refractivity contribution in [2.24, 2.45) is 0 Å². The summed E-state index contributed by atoms with van der Waals surface area (Å²) in [7, 11) is -4.35. The lowest BCUT2D eigenvalue weighted by Crippen LogP contribution is -2.34. The van der Waals surface area contributed by atoms with Gasteiger partial charge in [-0.15, -0.1) is 0 Å². The molecule has 0 spiro atoms. The first-order valence-electron chi connectivity index (χ1n) is 9.03. The van der Waals surface area contributed by atoms with E-state index in [1.54, 1.807) is 0 Å². The fourth-order valence-corrected chi connectivity index (χ4v) is 3.82. The highest BCUT2D eigenvalue weighted by Crippen LogP contribution is 2.36. The van der Waals surface area contributed by atoms with E-state index in [0.29, 0.717) is 23.0 Å². The third-order valence-corrected chi connectivity index (χ3v) is 5.68. The van der Waals surface area contributed by atoms with Gasteiger partial charge in [-0.25, -0.2) is 4.98 Å². The van der Waals surface area contributed by atoms with Crippen LogP contribution in [-0.4, -0.2) is 76.8 Å². The third-order valence-electron chi connectivity index (χ3n) is 4.99. The highest BCUT2D eigenvalue weighted by Gasteiger charge is 2.44. The minimum Gasteiger partial charge on any atom is -0.387 e. The molecule has 0 amide bonds. The van der Waals surface area contributed by atoms with Gasteiger partial charge in [0.2, 0.25) is 5.28 Å². The Hall–Kier alpha value is -1.37. The number of anilines is 1. The number of ether oxygens (including phenoxy) is 2.